The molecule has 8 heteroatoms. The standard InChI is InChI=1S/C22H21FN4O2S/c1-2-29-19(28)12-7-13-30-22-24-21-20(25-26-22)16-9-4-6-11-18(16)27(21)14-15-8-3-5-10-17(15)23/h3-6,8-11H,2,7,12-14H2,1H3. The second-order valence-electron chi connectivity index (χ2n) is 6.72. The van der Waals surface area contributed by atoms with Crippen LogP contribution in [0.1, 0.15) is 25.3 Å². The molecular formula is C22H21FN4O2S. The first kappa shape index (κ1) is 20.3. The van der Waals surface area contributed by atoms with E-state index in [0.717, 1.165) is 10.9 Å². The van der Waals surface area contributed by atoms with Crippen LogP contribution in [0.3, 0.4) is 0 Å². The van der Waals surface area contributed by atoms with Gasteiger partial charge in [0.05, 0.1) is 18.7 Å². The molecule has 0 radical (unpaired) electrons. The third-order valence-electron chi connectivity index (χ3n) is 4.70. The lowest BCUT2D eigenvalue weighted by molar-refractivity contribution is -0.143. The highest BCUT2D eigenvalue weighted by Crippen LogP contribution is 2.28. The van der Waals surface area contributed by atoms with E-state index in [0.29, 0.717) is 53.6 Å². The predicted octanol–water partition coefficient (Wildman–Crippen LogP) is 4.60. The number of aromatic nitrogens is 4. The zero-order chi connectivity index (χ0) is 20.9. The van der Waals surface area contributed by atoms with Crippen molar-refractivity contribution in [3.63, 3.8) is 0 Å². The second-order valence-corrected chi connectivity index (χ2v) is 7.78. The number of para-hydroxylation sites is 1. The van der Waals surface area contributed by atoms with E-state index in [2.05, 4.69) is 10.2 Å². The molecule has 0 saturated carbocycles. The highest BCUT2D eigenvalue weighted by atomic mass is 32.2. The van der Waals surface area contributed by atoms with Crippen molar-refractivity contribution in [2.75, 3.05) is 12.4 Å². The van der Waals surface area contributed by atoms with Crippen LogP contribution in [0.15, 0.2) is 53.7 Å². The molecule has 2 aromatic carbocycles. The van der Waals surface area contributed by atoms with Gasteiger partial charge in [-0.3, -0.25) is 4.79 Å². The molecule has 0 fully saturated rings. The Hall–Kier alpha value is -3.00. The number of nitrogens with zero attached hydrogens (tertiary/aromatic N) is 4. The Labute approximate surface area is 177 Å². The van der Waals surface area contributed by atoms with Crippen LogP contribution in [-0.2, 0) is 16.1 Å². The minimum atomic E-state index is -0.251. The minimum Gasteiger partial charge on any atom is -0.466 e. The molecule has 0 aliphatic heterocycles. The van der Waals surface area contributed by atoms with E-state index in [1.165, 1.54) is 17.8 Å². The maximum absolute atomic E-state index is 14.3. The molecule has 0 aliphatic rings. The SMILES string of the molecule is CCOC(=O)CCCSc1nnc2c3ccccc3n(Cc3ccccc3F)c2n1. The van der Waals surface area contributed by atoms with E-state index < -0.39 is 0 Å². The molecule has 2 aromatic heterocycles. The molecule has 0 amide bonds. The molecular weight excluding hydrogens is 403 g/mol. The van der Waals surface area contributed by atoms with Gasteiger partial charge < -0.3 is 9.30 Å². The lowest BCUT2D eigenvalue weighted by Crippen LogP contribution is -2.05. The Bertz CT molecular complexity index is 1190. The van der Waals surface area contributed by atoms with Gasteiger partial charge in [-0.2, -0.15) is 0 Å². The summed E-state index contributed by atoms with van der Waals surface area (Å²) < 4.78 is 21.2. The van der Waals surface area contributed by atoms with E-state index in [1.807, 2.05) is 34.9 Å². The topological polar surface area (TPSA) is 69.9 Å². The van der Waals surface area contributed by atoms with E-state index >= 15 is 0 Å². The Morgan fingerprint density at radius 2 is 1.93 bits per heavy atom. The molecule has 4 aromatic rings. The molecule has 30 heavy (non-hydrogen) atoms. The summed E-state index contributed by atoms with van der Waals surface area (Å²) in [5, 5.41) is 10.1. The predicted molar refractivity (Wildman–Crippen MR) is 115 cm³/mol. The number of carbonyl (C=O) groups is 1. The summed E-state index contributed by atoms with van der Waals surface area (Å²) in [5.41, 5.74) is 2.88. The first-order valence-corrected chi connectivity index (χ1v) is 10.8. The number of thioether (sulfide) groups is 1. The zero-order valence-corrected chi connectivity index (χ0v) is 17.4. The van der Waals surface area contributed by atoms with Gasteiger partial charge in [-0.1, -0.05) is 48.2 Å². The molecule has 0 saturated heterocycles. The average Bonchev–Trinajstić information content (AvgIpc) is 3.06. The van der Waals surface area contributed by atoms with Crippen LogP contribution in [0, 0.1) is 5.82 Å². The monoisotopic (exact) mass is 424 g/mol. The highest BCUT2D eigenvalue weighted by Gasteiger charge is 2.16. The lowest BCUT2D eigenvalue weighted by atomic mass is 10.2. The van der Waals surface area contributed by atoms with Crippen molar-refractivity contribution in [2.24, 2.45) is 0 Å². The van der Waals surface area contributed by atoms with Gasteiger partial charge in [0, 0.05) is 23.1 Å². The van der Waals surface area contributed by atoms with Crippen LogP contribution < -0.4 is 0 Å². The highest BCUT2D eigenvalue weighted by molar-refractivity contribution is 7.99. The van der Waals surface area contributed by atoms with Crippen LogP contribution >= 0.6 is 11.8 Å². The number of hydrogen-bond donors (Lipinski definition) is 0. The normalized spacial score (nSPS) is 11.3. The number of hydrogen-bond acceptors (Lipinski definition) is 6. The average molecular weight is 425 g/mol. The number of esters is 1. The van der Waals surface area contributed by atoms with E-state index in [1.54, 1.807) is 19.1 Å². The number of halogens is 1. The van der Waals surface area contributed by atoms with Crippen molar-refractivity contribution in [1.29, 1.82) is 0 Å². The maximum Gasteiger partial charge on any atom is 0.305 e. The van der Waals surface area contributed by atoms with E-state index in [9.17, 15) is 9.18 Å². The lowest BCUT2D eigenvalue weighted by Gasteiger charge is -2.08. The third-order valence-corrected chi connectivity index (χ3v) is 5.63. The van der Waals surface area contributed by atoms with Gasteiger partial charge in [0.2, 0.25) is 5.16 Å². The maximum atomic E-state index is 14.3. The number of carbonyl (C=O) groups excluding carboxylic acids is 1. The molecule has 154 valence electrons. The van der Waals surface area contributed by atoms with Gasteiger partial charge in [0.25, 0.3) is 0 Å². The van der Waals surface area contributed by atoms with Crippen molar-refractivity contribution in [3.05, 3.63) is 59.9 Å². The zero-order valence-electron chi connectivity index (χ0n) is 16.5. The number of rotatable bonds is 8. The van der Waals surface area contributed by atoms with Crippen LogP contribution in [0.2, 0.25) is 0 Å². The molecule has 4 rings (SSSR count). The summed E-state index contributed by atoms with van der Waals surface area (Å²) in [6.07, 6.45) is 1.03. The molecule has 0 unspecified atom stereocenters. The molecule has 0 aliphatic carbocycles. The molecule has 6 nitrogen and oxygen atoms in total. The fourth-order valence-electron chi connectivity index (χ4n) is 3.32. The Balaban J connectivity index is 1.63. The number of fused-ring (bicyclic) bond motifs is 3. The van der Waals surface area contributed by atoms with Gasteiger partial charge >= 0.3 is 5.97 Å². The fraction of sp³-hybridized carbons (Fsp3) is 0.273. The first-order valence-electron chi connectivity index (χ1n) is 9.81. The molecule has 0 atom stereocenters. The van der Waals surface area contributed by atoms with Gasteiger partial charge in [-0.15, -0.1) is 10.2 Å². The quantitative estimate of drug-likeness (QED) is 0.234. The fourth-order valence-corrected chi connectivity index (χ4v) is 4.04. The van der Waals surface area contributed by atoms with Gasteiger partial charge in [-0.05, 0) is 25.5 Å². The molecule has 0 bridgehead atoms. The third kappa shape index (κ3) is 4.28. The van der Waals surface area contributed by atoms with Crippen molar-refractivity contribution in [3.8, 4) is 0 Å². The van der Waals surface area contributed by atoms with Crippen molar-refractivity contribution >= 4 is 39.8 Å². The summed E-state index contributed by atoms with van der Waals surface area (Å²) >= 11 is 1.44. The Morgan fingerprint density at radius 1 is 1.13 bits per heavy atom. The van der Waals surface area contributed by atoms with Crippen LogP contribution in [0.4, 0.5) is 4.39 Å². The van der Waals surface area contributed by atoms with Crippen molar-refractivity contribution in [1.82, 2.24) is 19.7 Å². The van der Waals surface area contributed by atoms with Gasteiger partial charge in [-0.25, -0.2) is 9.37 Å². The summed E-state index contributed by atoms with van der Waals surface area (Å²) in [4.78, 5) is 16.2. The van der Waals surface area contributed by atoms with Crippen LogP contribution in [0.25, 0.3) is 22.1 Å². The smallest absolute Gasteiger partial charge is 0.305 e. The summed E-state index contributed by atoms with van der Waals surface area (Å²) in [6.45, 7) is 2.53. The molecule has 0 N–H and O–H groups in total. The Morgan fingerprint density at radius 3 is 2.77 bits per heavy atom. The van der Waals surface area contributed by atoms with Crippen molar-refractivity contribution < 1.29 is 13.9 Å². The van der Waals surface area contributed by atoms with Crippen LogP contribution in [0.5, 0.6) is 0 Å². The largest absolute Gasteiger partial charge is 0.466 e. The minimum absolute atomic E-state index is 0.197. The van der Waals surface area contributed by atoms with E-state index in [4.69, 9.17) is 9.72 Å². The van der Waals surface area contributed by atoms with E-state index in [-0.39, 0.29) is 11.8 Å². The molecule has 2 heterocycles. The first-order chi connectivity index (χ1) is 14.7. The Kier molecular flexibility index (Phi) is 6.23. The molecule has 0 spiro atoms. The number of benzene rings is 2. The summed E-state index contributed by atoms with van der Waals surface area (Å²) in [5.74, 6) is 0.233. The number of ether oxygens (including phenoxy) is 1. The van der Waals surface area contributed by atoms with Gasteiger partial charge in [0.1, 0.15) is 11.3 Å². The van der Waals surface area contributed by atoms with Gasteiger partial charge in [0.15, 0.2) is 5.65 Å². The van der Waals surface area contributed by atoms with Crippen molar-refractivity contribution in [2.45, 2.75) is 31.5 Å². The van der Waals surface area contributed by atoms with Crippen LogP contribution in [-0.4, -0.2) is 38.1 Å². The summed E-state index contributed by atoms with van der Waals surface area (Å²) in [7, 11) is 0. The second kappa shape index (κ2) is 9.21. The summed E-state index contributed by atoms with van der Waals surface area (Å²) in [6, 6.07) is 14.6.